The molecule has 0 fully saturated rings. The van der Waals surface area contributed by atoms with Crippen LogP contribution in [0.2, 0.25) is 0 Å². The van der Waals surface area contributed by atoms with E-state index in [1.807, 2.05) is 0 Å². The van der Waals surface area contributed by atoms with Crippen molar-refractivity contribution in [3.63, 3.8) is 0 Å². The topological polar surface area (TPSA) is 30.5 Å². The van der Waals surface area contributed by atoms with Crippen LogP contribution in [0, 0.1) is 11.3 Å². The molecule has 0 aromatic heterocycles. The lowest BCUT2D eigenvalue weighted by molar-refractivity contribution is 0.0827. The van der Waals surface area contributed by atoms with Gasteiger partial charge in [0.25, 0.3) is 0 Å². The minimum Gasteiger partial charge on any atom is -0.385 e. The molecule has 0 bridgehead atoms. The first-order valence-electron chi connectivity index (χ1n) is 6.75. The average Bonchev–Trinajstić information content (AvgIpc) is 2.22. The molecule has 0 radical (unpaired) electrons. The Hall–Kier alpha value is -0.120. The fraction of sp³-hybridized carbons (Fsp3) is 1.00. The molecule has 0 unspecified atom stereocenters. The van der Waals surface area contributed by atoms with Crippen molar-refractivity contribution in [3.05, 3.63) is 0 Å². The zero-order chi connectivity index (χ0) is 13.1. The van der Waals surface area contributed by atoms with Gasteiger partial charge in [0, 0.05) is 33.5 Å². The summed E-state index contributed by atoms with van der Waals surface area (Å²) in [5.74, 6) is 0.719. The summed E-state index contributed by atoms with van der Waals surface area (Å²) in [7, 11) is 1.73. The van der Waals surface area contributed by atoms with E-state index in [4.69, 9.17) is 9.47 Å². The molecular formula is C14H31NO2. The van der Waals surface area contributed by atoms with Gasteiger partial charge in [-0.3, -0.25) is 0 Å². The van der Waals surface area contributed by atoms with Crippen LogP contribution in [-0.2, 0) is 9.47 Å². The van der Waals surface area contributed by atoms with E-state index < -0.39 is 0 Å². The average molecular weight is 245 g/mol. The molecule has 1 N–H and O–H groups in total. The van der Waals surface area contributed by atoms with E-state index in [2.05, 4.69) is 33.0 Å². The lowest BCUT2D eigenvalue weighted by Gasteiger charge is -2.25. The number of nitrogens with one attached hydrogen (secondary N) is 1. The first-order chi connectivity index (χ1) is 7.98. The first-order valence-corrected chi connectivity index (χ1v) is 6.75. The molecule has 3 nitrogen and oxygen atoms in total. The van der Waals surface area contributed by atoms with Crippen LogP contribution in [0.25, 0.3) is 0 Å². The fourth-order valence-corrected chi connectivity index (χ4v) is 1.54. The number of ether oxygens (including phenoxy) is 2. The molecule has 3 heteroatoms. The van der Waals surface area contributed by atoms with Crippen molar-refractivity contribution in [1.82, 2.24) is 5.32 Å². The Morgan fingerprint density at radius 2 is 1.82 bits per heavy atom. The van der Waals surface area contributed by atoms with E-state index >= 15 is 0 Å². The van der Waals surface area contributed by atoms with Crippen LogP contribution in [-0.4, -0.2) is 40.0 Å². The van der Waals surface area contributed by atoms with Crippen molar-refractivity contribution in [2.45, 2.75) is 40.5 Å². The maximum atomic E-state index is 5.59. The first kappa shape index (κ1) is 16.9. The predicted molar refractivity (Wildman–Crippen MR) is 73.4 cm³/mol. The summed E-state index contributed by atoms with van der Waals surface area (Å²) in [5, 5.41) is 3.51. The molecular weight excluding hydrogens is 214 g/mol. The van der Waals surface area contributed by atoms with Crippen molar-refractivity contribution < 1.29 is 9.47 Å². The highest BCUT2D eigenvalue weighted by Crippen LogP contribution is 2.18. The van der Waals surface area contributed by atoms with Gasteiger partial charge in [-0.2, -0.15) is 0 Å². The van der Waals surface area contributed by atoms with Crippen LogP contribution < -0.4 is 5.32 Å². The second kappa shape index (κ2) is 9.86. The minimum absolute atomic E-state index is 0.316. The van der Waals surface area contributed by atoms with Crippen LogP contribution in [0.4, 0.5) is 0 Å². The molecule has 0 aliphatic rings. The maximum Gasteiger partial charge on any atom is 0.0487 e. The van der Waals surface area contributed by atoms with Crippen molar-refractivity contribution in [2.24, 2.45) is 11.3 Å². The van der Waals surface area contributed by atoms with E-state index in [0.29, 0.717) is 5.41 Å². The molecule has 0 spiro atoms. The fourth-order valence-electron chi connectivity index (χ4n) is 1.54. The molecule has 104 valence electrons. The van der Waals surface area contributed by atoms with Gasteiger partial charge in [0.15, 0.2) is 0 Å². The number of methoxy groups -OCH3 is 1. The molecule has 0 saturated carbocycles. The summed E-state index contributed by atoms with van der Waals surface area (Å²) < 4.78 is 10.6. The second-order valence-electron chi connectivity index (χ2n) is 5.90. The van der Waals surface area contributed by atoms with Crippen molar-refractivity contribution in [3.8, 4) is 0 Å². The van der Waals surface area contributed by atoms with Crippen molar-refractivity contribution in [2.75, 3.05) is 40.0 Å². The van der Waals surface area contributed by atoms with Gasteiger partial charge in [-0.1, -0.05) is 27.7 Å². The number of rotatable bonds is 11. The van der Waals surface area contributed by atoms with E-state index in [9.17, 15) is 0 Å². The highest BCUT2D eigenvalue weighted by molar-refractivity contribution is 4.71. The zero-order valence-electron chi connectivity index (χ0n) is 12.3. The summed E-state index contributed by atoms with van der Waals surface area (Å²) in [6, 6.07) is 0. The highest BCUT2D eigenvalue weighted by Gasteiger charge is 2.17. The molecule has 0 heterocycles. The normalized spacial score (nSPS) is 12.4. The summed E-state index contributed by atoms with van der Waals surface area (Å²) in [6.07, 6.45) is 2.09. The van der Waals surface area contributed by atoms with E-state index in [-0.39, 0.29) is 0 Å². The highest BCUT2D eigenvalue weighted by atomic mass is 16.5. The molecule has 0 amide bonds. The summed E-state index contributed by atoms with van der Waals surface area (Å²) in [5.41, 5.74) is 0.316. The van der Waals surface area contributed by atoms with Crippen molar-refractivity contribution in [1.29, 1.82) is 0 Å². The largest absolute Gasteiger partial charge is 0.385 e. The summed E-state index contributed by atoms with van der Waals surface area (Å²) in [4.78, 5) is 0. The molecule has 0 rings (SSSR count). The molecule has 0 aromatic rings. The second-order valence-corrected chi connectivity index (χ2v) is 5.90. The van der Waals surface area contributed by atoms with Gasteiger partial charge < -0.3 is 14.8 Å². The van der Waals surface area contributed by atoms with Crippen LogP contribution in [0.5, 0.6) is 0 Å². The van der Waals surface area contributed by atoms with Crippen LogP contribution in [0.3, 0.4) is 0 Å². The minimum atomic E-state index is 0.316. The molecule has 0 aliphatic heterocycles. The zero-order valence-corrected chi connectivity index (χ0v) is 12.3. The molecule has 0 saturated heterocycles. The van der Waals surface area contributed by atoms with Gasteiger partial charge in [0.2, 0.25) is 0 Å². The van der Waals surface area contributed by atoms with Gasteiger partial charge in [0.05, 0.1) is 0 Å². The number of hydrogen-bond donors (Lipinski definition) is 1. The Kier molecular flexibility index (Phi) is 9.79. The predicted octanol–water partition coefficient (Wildman–Crippen LogP) is 2.70. The molecule has 0 aliphatic carbocycles. The Balaban J connectivity index is 3.43. The molecule has 0 atom stereocenters. The van der Waals surface area contributed by atoms with E-state index in [1.54, 1.807) is 7.11 Å². The smallest absolute Gasteiger partial charge is 0.0487 e. The Bertz CT molecular complexity index is 170. The number of hydrogen-bond acceptors (Lipinski definition) is 3. The van der Waals surface area contributed by atoms with Gasteiger partial charge in [-0.05, 0) is 30.7 Å². The Labute approximate surface area is 107 Å². The molecule has 17 heavy (non-hydrogen) atoms. The van der Waals surface area contributed by atoms with E-state index in [0.717, 1.165) is 51.7 Å². The standard InChI is InChI=1S/C14H31NO2/c1-13(2)11-15-12-14(3,4)7-10-17-9-6-8-16-5/h13,15H,6-12H2,1-5H3. The van der Waals surface area contributed by atoms with Crippen LogP contribution >= 0.6 is 0 Å². The van der Waals surface area contributed by atoms with Gasteiger partial charge in [-0.25, -0.2) is 0 Å². The third-order valence-corrected chi connectivity index (χ3v) is 2.72. The monoisotopic (exact) mass is 245 g/mol. The summed E-state index contributed by atoms with van der Waals surface area (Å²) in [6.45, 7) is 13.7. The third-order valence-electron chi connectivity index (χ3n) is 2.72. The van der Waals surface area contributed by atoms with Gasteiger partial charge in [0.1, 0.15) is 0 Å². The van der Waals surface area contributed by atoms with Crippen LogP contribution in [0.1, 0.15) is 40.5 Å². The van der Waals surface area contributed by atoms with E-state index in [1.165, 1.54) is 0 Å². The SMILES string of the molecule is COCCCOCCC(C)(C)CNCC(C)C. The Morgan fingerprint density at radius 3 is 2.41 bits per heavy atom. The Morgan fingerprint density at radius 1 is 1.12 bits per heavy atom. The maximum absolute atomic E-state index is 5.59. The molecule has 0 aromatic carbocycles. The van der Waals surface area contributed by atoms with Gasteiger partial charge >= 0.3 is 0 Å². The third kappa shape index (κ3) is 12.1. The van der Waals surface area contributed by atoms with Gasteiger partial charge in [-0.15, -0.1) is 0 Å². The van der Waals surface area contributed by atoms with Crippen LogP contribution in [0.15, 0.2) is 0 Å². The lowest BCUT2D eigenvalue weighted by atomic mass is 9.89. The quantitative estimate of drug-likeness (QED) is 0.568. The lowest BCUT2D eigenvalue weighted by Crippen LogP contribution is -2.32. The summed E-state index contributed by atoms with van der Waals surface area (Å²) >= 11 is 0. The van der Waals surface area contributed by atoms with Crippen molar-refractivity contribution >= 4 is 0 Å².